The van der Waals surface area contributed by atoms with Gasteiger partial charge in [0, 0.05) is 18.6 Å². The van der Waals surface area contributed by atoms with Gasteiger partial charge in [0.1, 0.15) is 0 Å². The summed E-state index contributed by atoms with van der Waals surface area (Å²) in [6, 6.07) is 0. The van der Waals surface area contributed by atoms with Crippen LogP contribution in [0.2, 0.25) is 0 Å². The largest absolute Gasteiger partial charge is 0.350 e. The Morgan fingerprint density at radius 1 is 1.00 bits per heavy atom. The highest BCUT2D eigenvalue weighted by Crippen LogP contribution is 2.55. The van der Waals surface area contributed by atoms with Crippen LogP contribution in [0, 0.1) is 23.7 Å². The van der Waals surface area contributed by atoms with Crippen LogP contribution in [0.3, 0.4) is 0 Å². The van der Waals surface area contributed by atoms with Crippen LogP contribution in [-0.2, 0) is 4.79 Å². The Bertz CT molecular complexity index is 313. The molecule has 3 nitrogen and oxygen atoms in total. The van der Waals surface area contributed by atoms with E-state index in [1.165, 1.54) is 38.5 Å². The predicted molar refractivity (Wildman–Crippen MR) is 65.4 cm³/mol. The Labute approximate surface area is 103 Å². The highest BCUT2D eigenvalue weighted by molar-refractivity contribution is 5.80. The van der Waals surface area contributed by atoms with E-state index in [-0.39, 0.29) is 11.5 Å². The van der Waals surface area contributed by atoms with Gasteiger partial charge in [-0.1, -0.05) is 0 Å². The summed E-state index contributed by atoms with van der Waals surface area (Å²) in [7, 11) is 0. The topological polar surface area (TPSA) is 41.1 Å². The van der Waals surface area contributed by atoms with Gasteiger partial charge in [-0.15, -0.1) is 0 Å². The van der Waals surface area contributed by atoms with Crippen LogP contribution >= 0.6 is 0 Å². The van der Waals surface area contributed by atoms with Gasteiger partial charge >= 0.3 is 0 Å². The Kier molecular flexibility index (Phi) is 2.11. The molecule has 5 aliphatic rings. The summed E-state index contributed by atoms with van der Waals surface area (Å²) in [4.78, 5) is 12.2. The maximum Gasteiger partial charge on any atom is 0.226 e. The summed E-state index contributed by atoms with van der Waals surface area (Å²) >= 11 is 0. The SMILES string of the molecule is O=C(NC12CC3CC(CC(C3)C1)C2)C1CNC1. The molecule has 0 aromatic heterocycles. The molecular weight excluding hydrogens is 212 g/mol. The highest BCUT2D eigenvalue weighted by Gasteiger charge is 2.51. The fourth-order valence-corrected chi connectivity index (χ4v) is 5.10. The van der Waals surface area contributed by atoms with Crippen molar-refractivity contribution in [3.8, 4) is 0 Å². The van der Waals surface area contributed by atoms with E-state index >= 15 is 0 Å². The highest BCUT2D eigenvalue weighted by atomic mass is 16.2. The van der Waals surface area contributed by atoms with Crippen LogP contribution in [0.1, 0.15) is 38.5 Å². The maximum absolute atomic E-state index is 12.2. The van der Waals surface area contributed by atoms with Gasteiger partial charge in [-0.05, 0) is 56.3 Å². The van der Waals surface area contributed by atoms with Crippen LogP contribution in [0.15, 0.2) is 0 Å². The fourth-order valence-electron chi connectivity index (χ4n) is 5.10. The van der Waals surface area contributed by atoms with Gasteiger partial charge in [0.15, 0.2) is 0 Å². The first-order chi connectivity index (χ1) is 8.22. The monoisotopic (exact) mass is 234 g/mol. The number of rotatable bonds is 2. The third-order valence-electron chi connectivity index (χ3n) is 5.58. The number of carbonyl (C=O) groups excluding carboxylic acids is 1. The third kappa shape index (κ3) is 1.62. The summed E-state index contributed by atoms with van der Waals surface area (Å²) in [5.74, 6) is 3.33. The van der Waals surface area contributed by atoms with E-state index in [0.29, 0.717) is 5.91 Å². The first kappa shape index (κ1) is 10.4. The van der Waals surface area contributed by atoms with Crippen LogP contribution in [-0.4, -0.2) is 24.5 Å². The average Bonchev–Trinajstić information content (AvgIpc) is 2.09. The second kappa shape index (κ2) is 3.47. The molecule has 0 atom stereocenters. The molecule has 0 radical (unpaired) electrons. The molecule has 0 unspecified atom stereocenters. The van der Waals surface area contributed by atoms with Gasteiger partial charge in [0.25, 0.3) is 0 Å². The number of carbonyl (C=O) groups is 1. The molecular formula is C14H22N2O. The molecule has 4 aliphatic carbocycles. The van der Waals surface area contributed by atoms with Crippen LogP contribution < -0.4 is 10.6 Å². The molecule has 94 valence electrons. The van der Waals surface area contributed by atoms with E-state index in [9.17, 15) is 4.79 Å². The second-order valence-corrected chi connectivity index (χ2v) is 7.04. The molecule has 4 bridgehead atoms. The number of hydrogen-bond donors (Lipinski definition) is 2. The minimum absolute atomic E-state index is 0.210. The van der Waals surface area contributed by atoms with E-state index in [1.54, 1.807) is 0 Å². The molecule has 3 heteroatoms. The quantitative estimate of drug-likeness (QED) is 0.756. The molecule has 0 aromatic carbocycles. The Morgan fingerprint density at radius 3 is 1.94 bits per heavy atom. The van der Waals surface area contributed by atoms with Crippen LogP contribution in [0.5, 0.6) is 0 Å². The lowest BCUT2D eigenvalue weighted by Crippen LogP contribution is -2.63. The van der Waals surface area contributed by atoms with E-state index in [2.05, 4.69) is 10.6 Å². The Hall–Kier alpha value is -0.570. The number of nitrogens with one attached hydrogen (secondary N) is 2. The minimum Gasteiger partial charge on any atom is -0.350 e. The maximum atomic E-state index is 12.2. The van der Waals surface area contributed by atoms with Crippen LogP contribution in [0.25, 0.3) is 0 Å². The first-order valence-corrected chi connectivity index (χ1v) is 7.25. The van der Waals surface area contributed by atoms with Crippen molar-refractivity contribution in [1.82, 2.24) is 10.6 Å². The van der Waals surface area contributed by atoms with E-state index < -0.39 is 0 Å². The van der Waals surface area contributed by atoms with Crippen molar-refractivity contribution in [2.75, 3.05) is 13.1 Å². The summed E-state index contributed by atoms with van der Waals surface area (Å²) in [5.41, 5.74) is 0.210. The van der Waals surface area contributed by atoms with Crippen molar-refractivity contribution in [3.63, 3.8) is 0 Å². The standard InChI is InChI=1S/C14H22N2O/c17-13(12-7-15-8-12)16-14-4-9-1-10(5-14)3-11(2-9)6-14/h9-12,15H,1-8H2,(H,16,17). The van der Waals surface area contributed by atoms with Crippen molar-refractivity contribution in [2.24, 2.45) is 23.7 Å². The van der Waals surface area contributed by atoms with Gasteiger partial charge in [-0.25, -0.2) is 0 Å². The van der Waals surface area contributed by atoms with Gasteiger partial charge in [0.05, 0.1) is 5.92 Å². The Balaban J connectivity index is 1.50. The van der Waals surface area contributed by atoms with Gasteiger partial charge in [-0.3, -0.25) is 4.79 Å². The Morgan fingerprint density at radius 2 is 1.53 bits per heavy atom. The minimum atomic E-state index is 0.210. The molecule has 2 N–H and O–H groups in total. The van der Waals surface area contributed by atoms with Crippen molar-refractivity contribution in [1.29, 1.82) is 0 Å². The number of hydrogen-bond acceptors (Lipinski definition) is 2. The first-order valence-electron chi connectivity index (χ1n) is 7.25. The third-order valence-corrected chi connectivity index (χ3v) is 5.58. The van der Waals surface area contributed by atoms with Crippen molar-refractivity contribution >= 4 is 5.91 Å². The molecule has 1 aliphatic heterocycles. The summed E-state index contributed by atoms with van der Waals surface area (Å²) in [5, 5.41) is 6.64. The smallest absolute Gasteiger partial charge is 0.226 e. The van der Waals surface area contributed by atoms with Crippen molar-refractivity contribution in [2.45, 2.75) is 44.1 Å². The molecule has 1 amide bonds. The normalized spacial score (nSPS) is 47.9. The zero-order chi connectivity index (χ0) is 11.5. The molecule has 1 saturated heterocycles. The van der Waals surface area contributed by atoms with E-state index in [1.807, 2.05) is 0 Å². The lowest BCUT2D eigenvalue weighted by atomic mass is 9.53. The number of amides is 1. The fraction of sp³-hybridized carbons (Fsp3) is 0.929. The van der Waals surface area contributed by atoms with Crippen molar-refractivity contribution in [3.05, 3.63) is 0 Å². The summed E-state index contributed by atoms with van der Waals surface area (Å²) in [6.07, 6.45) is 8.14. The van der Waals surface area contributed by atoms with E-state index in [0.717, 1.165) is 30.8 Å². The van der Waals surface area contributed by atoms with Gasteiger partial charge in [-0.2, -0.15) is 0 Å². The zero-order valence-corrected chi connectivity index (χ0v) is 10.4. The molecule has 1 heterocycles. The molecule has 5 fully saturated rings. The zero-order valence-electron chi connectivity index (χ0n) is 10.4. The van der Waals surface area contributed by atoms with Crippen molar-refractivity contribution < 1.29 is 4.79 Å². The molecule has 0 aromatic rings. The molecule has 4 saturated carbocycles. The lowest BCUT2D eigenvalue weighted by molar-refractivity contribution is -0.132. The molecule has 0 spiro atoms. The summed E-state index contributed by atoms with van der Waals surface area (Å²) in [6.45, 7) is 1.77. The second-order valence-electron chi connectivity index (χ2n) is 7.04. The van der Waals surface area contributed by atoms with Gasteiger partial charge in [0.2, 0.25) is 5.91 Å². The van der Waals surface area contributed by atoms with Crippen LogP contribution in [0.4, 0.5) is 0 Å². The summed E-state index contributed by atoms with van der Waals surface area (Å²) < 4.78 is 0. The van der Waals surface area contributed by atoms with Gasteiger partial charge < -0.3 is 10.6 Å². The van der Waals surface area contributed by atoms with E-state index in [4.69, 9.17) is 0 Å². The molecule has 17 heavy (non-hydrogen) atoms. The average molecular weight is 234 g/mol. The predicted octanol–water partition coefficient (Wildman–Crippen LogP) is 1.29. The molecule has 5 rings (SSSR count). The lowest BCUT2D eigenvalue weighted by Gasteiger charge is -2.57.